The highest BCUT2D eigenvalue weighted by atomic mass is 16.5. The molecule has 0 saturated carbocycles. The molecule has 0 aliphatic carbocycles. The number of carboxylic acids is 1. The molecule has 0 atom stereocenters. The largest absolute Gasteiger partial charge is 0.489 e. The Labute approximate surface area is 147 Å². The lowest BCUT2D eigenvalue weighted by molar-refractivity contribution is 0.0697. The molecule has 3 aromatic rings. The summed E-state index contributed by atoms with van der Waals surface area (Å²) < 4.78 is 5.79. The van der Waals surface area contributed by atoms with Crippen molar-refractivity contribution in [2.45, 2.75) is 20.5 Å². The number of ether oxygens (including phenoxy) is 1. The summed E-state index contributed by atoms with van der Waals surface area (Å²) in [4.78, 5) is 10.9. The van der Waals surface area contributed by atoms with Crippen LogP contribution in [0.4, 0.5) is 0 Å². The van der Waals surface area contributed by atoms with Gasteiger partial charge in [0, 0.05) is 0 Å². The van der Waals surface area contributed by atoms with E-state index in [0.29, 0.717) is 12.4 Å². The van der Waals surface area contributed by atoms with Crippen molar-refractivity contribution in [3.05, 3.63) is 89.0 Å². The van der Waals surface area contributed by atoms with Gasteiger partial charge in [0.15, 0.2) is 0 Å². The van der Waals surface area contributed by atoms with Crippen LogP contribution in [0.1, 0.15) is 27.0 Å². The van der Waals surface area contributed by atoms with E-state index in [2.05, 4.69) is 44.2 Å². The first-order chi connectivity index (χ1) is 12.0. The maximum Gasteiger partial charge on any atom is 0.335 e. The number of rotatable bonds is 5. The summed E-state index contributed by atoms with van der Waals surface area (Å²) in [5.74, 6) is -0.282. The van der Waals surface area contributed by atoms with Crippen LogP contribution in [0.3, 0.4) is 0 Å². The SMILES string of the molecule is Cc1cccc(C)c1-c1cccc(COc2ccc(C(=O)O)cc2)c1. The van der Waals surface area contributed by atoms with E-state index in [1.54, 1.807) is 24.3 Å². The summed E-state index contributed by atoms with van der Waals surface area (Å²) >= 11 is 0. The molecule has 3 rings (SSSR count). The summed E-state index contributed by atoms with van der Waals surface area (Å²) in [6.07, 6.45) is 0. The van der Waals surface area contributed by atoms with Gasteiger partial charge in [-0.1, -0.05) is 36.4 Å². The first kappa shape index (κ1) is 16.8. The van der Waals surface area contributed by atoms with Crippen molar-refractivity contribution >= 4 is 5.97 Å². The van der Waals surface area contributed by atoms with E-state index in [-0.39, 0.29) is 5.56 Å². The van der Waals surface area contributed by atoms with Crippen LogP contribution in [0, 0.1) is 13.8 Å². The van der Waals surface area contributed by atoms with Crippen LogP contribution >= 0.6 is 0 Å². The third kappa shape index (κ3) is 3.89. The van der Waals surface area contributed by atoms with Crippen LogP contribution in [-0.2, 0) is 6.61 Å². The molecule has 126 valence electrons. The highest BCUT2D eigenvalue weighted by Gasteiger charge is 2.07. The first-order valence-corrected chi connectivity index (χ1v) is 8.16. The van der Waals surface area contributed by atoms with Crippen molar-refractivity contribution in [3.63, 3.8) is 0 Å². The van der Waals surface area contributed by atoms with Gasteiger partial charge in [-0.05, 0) is 72.0 Å². The Morgan fingerprint density at radius 2 is 1.56 bits per heavy atom. The zero-order valence-electron chi connectivity index (χ0n) is 14.3. The minimum Gasteiger partial charge on any atom is -0.489 e. The Morgan fingerprint density at radius 3 is 2.20 bits per heavy atom. The van der Waals surface area contributed by atoms with E-state index in [9.17, 15) is 4.79 Å². The van der Waals surface area contributed by atoms with Gasteiger partial charge in [0.25, 0.3) is 0 Å². The second kappa shape index (κ2) is 7.22. The maximum absolute atomic E-state index is 10.9. The summed E-state index contributed by atoms with van der Waals surface area (Å²) in [6.45, 7) is 4.68. The molecule has 1 N–H and O–H groups in total. The predicted octanol–water partition coefficient (Wildman–Crippen LogP) is 5.25. The van der Waals surface area contributed by atoms with Gasteiger partial charge in [0.2, 0.25) is 0 Å². The lowest BCUT2D eigenvalue weighted by Gasteiger charge is -2.12. The molecule has 0 aliphatic rings. The Hall–Kier alpha value is -3.07. The first-order valence-electron chi connectivity index (χ1n) is 8.16. The molecule has 0 saturated heterocycles. The Kier molecular flexibility index (Phi) is 4.85. The number of aromatic carboxylic acids is 1. The summed E-state index contributed by atoms with van der Waals surface area (Å²) in [5.41, 5.74) is 6.27. The number of carbonyl (C=O) groups is 1. The number of benzene rings is 3. The highest BCUT2D eigenvalue weighted by molar-refractivity contribution is 5.87. The molecule has 0 unspecified atom stereocenters. The van der Waals surface area contributed by atoms with Crippen LogP contribution in [-0.4, -0.2) is 11.1 Å². The number of hydrogen-bond donors (Lipinski definition) is 1. The molecule has 3 aromatic carbocycles. The van der Waals surface area contributed by atoms with Gasteiger partial charge >= 0.3 is 5.97 Å². The molecule has 0 aliphatic heterocycles. The summed E-state index contributed by atoms with van der Waals surface area (Å²) in [5, 5.41) is 8.93. The van der Waals surface area contributed by atoms with Crippen LogP contribution in [0.15, 0.2) is 66.7 Å². The van der Waals surface area contributed by atoms with Gasteiger partial charge in [-0.15, -0.1) is 0 Å². The monoisotopic (exact) mass is 332 g/mol. The van der Waals surface area contributed by atoms with Gasteiger partial charge in [0.05, 0.1) is 5.56 Å². The quantitative estimate of drug-likeness (QED) is 0.694. The Bertz CT molecular complexity index is 875. The molecule has 3 heteroatoms. The predicted molar refractivity (Wildman–Crippen MR) is 99.1 cm³/mol. The molecule has 0 aromatic heterocycles. The van der Waals surface area contributed by atoms with Gasteiger partial charge in [-0.3, -0.25) is 0 Å². The molecular weight excluding hydrogens is 312 g/mol. The van der Waals surface area contributed by atoms with Gasteiger partial charge in [-0.2, -0.15) is 0 Å². The van der Waals surface area contributed by atoms with Gasteiger partial charge < -0.3 is 9.84 Å². The average molecular weight is 332 g/mol. The van der Waals surface area contributed by atoms with E-state index >= 15 is 0 Å². The number of carboxylic acid groups (broad SMARTS) is 1. The smallest absolute Gasteiger partial charge is 0.335 e. The summed E-state index contributed by atoms with van der Waals surface area (Å²) in [6, 6.07) is 21.1. The lowest BCUT2D eigenvalue weighted by atomic mass is 9.95. The minimum atomic E-state index is -0.937. The van der Waals surface area contributed by atoms with Crippen LogP contribution < -0.4 is 4.74 Å². The molecule has 0 amide bonds. The molecule has 0 spiro atoms. The maximum atomic E-state index is 10.9. The number of hydrogen-bond acceptors (Lipinski definition) is 2. The van der Waals surface area contributed by atoms with E-state index in [4.69, 9.17) is 9.84 Å². The molecule has 0 bridgehead atoms. The van der Waals surface area contributed by atoms with Crippen molar-refractivity contribution in [2.75, 3.05) is 0 Å². The fraction of sp³-hybridized carbons (Fsp3) is 0.136. The molecule has 0 heterocycles. The number of aryl methyl sites for hydroxylation is 2. The topological polar surface area (TPSA) is 46.5 Å². The molecule has 0 fully saturated rings. The van der Waals surface area contributed by atoms with Gasteiger partial charge in [0.1, 0.15) is 12.4 Å². The highest BCUT2D eigenvalue weighted by Crippen LogP contribution is 2.28. The average Bonchev–Trinajstić information content (AvgIpc) is 2.60. The van der Waals surface area contributed by atoms with Crippen LogP contribution in [0.25, 0.3) is 11.1 Å². The fourth-order valence-corrected chi connectivity index (χ4v) is 2.95. The Balaban J connectivity index is 1.77. The molecule has 3 nitrogen and oxygen atoms in total. The normalized spacial score (nSPS) is 10.5. The van der Waals surface area contributed by atoms with Crippen molar-refractivity contribution in [2.24, 2.45) is 0 Å². The Morgan fingerprint density at radius 1 is 0.920 bits per heavy atom. The minimum absolute atomic E-state index is 0.254. The molecule has 0 radical (unpaired) electrons. The summed E-state index contributed by atoms with van der Waals surface area (Å²) in [7, 11) is 0. The second-order valence-electron chi connectivity index (χ2n) is 6.09. The zero-order valence-corrected chi connectivity index (χ0v) is 14.3. The van der Waals surface area contributed by atoms with Crippen molar-refractivity contribution in [3.8, 4) is 16.9 Å². The van der Waals surface area contributed by atoms with E-state index in [1.165, 1.54) is 22.3 Å². The third-order valence-electron chi connectivity index (χ3n) is 4.20. The van der Waals surface area contributed by atoms with E-state index in [1.807, 2.05) is 12.1 Å². The fourth-order valence-electron chi connectivity index (χ4n) is 2.95. The lowest BCUT2D eigenvalue weighted by Crippen LogP contribution is -1.98. The van der Waals surface area contributed by atoms with Crippen LogP contribution in [0.2, 0.25) is 0 Å². The van der Waals surface area contributed by atoms with Crippen LogP contribution in [0.5, 0.6) is 5.75 Å². The third-order valence-corrected chi connectivity index (χ3v) is 4.20. The standard InChI is InChI=1S/C22H20O3/c1-15-5-3-6-16(2)21(15)19-8-4-7-17(13-19)14-25-20-11-9-18(10-12-20)22(23)24/h3-13H,14H2,1-2H3,(H,23,24). The van der Waals surface area contributed by atoms with Gasteiger partial charge in [-0.25, -0.2) is 4.79 Å². The molecular formula is C22H20O3. The van der Waals surface area contributed by atoms with Crippen molar-refractivity contribution in [1.29, 1.82) is 0 Å². The molecule has 25 heavy (non-hydrogen) atoms. The van der Waals surface area contributed by atoms with Crippen molar-refractivity contribution < 1.29 is 14.6 Å². The second-order valence-corrected chi connectivity index (χ2v) is 6.09. The van der Waals surface area contributed by atoms with E-state index < -0.39 is 5.97 Å². The van der Waals surface area contributed by atoms with E-state index in [0.717, 1.165) is 5.56 Å². The van der Waals surface area contributed by atoms with Crippen molar-refractivity contribution in [1.82, 2.24) is 0 Å². The zero-order chi connectivity index (χ0) is 17.8.